The van der Waals surface area contributed by atoms with E-state index in [0.717, 1.165) is 19.3 Å². The molecule has 0 spiro atoms. The van der Waals surface area contributed by atoms with Crippen LogP contribution in [0.25, 0.3) is 0 Å². The normalized spacial score (nSPS) is 18.9. The molecule has 0 saturated heterocycles. The van der Waals surface area contributed by atoms with Crippen LogP contribution in [0.15, 0.2) is 0 Å². The van der Waals surface area contributed by atoms with Gasteiger partial charge in [0, 0.05) is 12.6 Å². The lowest BCUT2D eigenvalue weighted by atomic mass is 10.1. The van der Waals surface area contributed by atoms with Crippen molar-refractivity contribution in [1.29, 1.82) is 0 Å². The van der Waals surface area contributed by atoms with Crippen molar-refractivity contribution in [2.24, 2.45) is 0 Å². The van der Waals surface area contributed by atoms with E-state index in [1.165, 1.54) is 0 Å². The summed E-state index contributed by atoms with van der Waals surface area (Å²) in [6.07, 6.45) is 2.82. The van der Waals surface area contributed by atoms with Crippen molar-refractivity contribution in [1.82, 2.24) is 4.90 Å². The van der Waals surface area contributed by atoms with Crippen molar-refractivity contribution in [3.05, 3.63) is 0 Å². The van der Waals surface area contributed by atoms with Gasteiger partial charge in [0.15, 0.2) is 0 Å². The summed E-state index contributed by atoms with van der Waals surface area (Å²) in [6, 6.07) is 0. The molecule has 0 aromatic heterocycles. The summed E-state index contributed by atoms with van der Waals surface area (Å²) in [4.78, 5) is 13.4. The molecule has 3 heteroatoms. The number of carbonyl (C=O) groups is 1. The Bertz CT molecular complexity index is 231. The van der Waals surface area contributed by atoms with Crippen LogP contribution in [0.3, 0.4) is 0 Å². The SMILES string of the molecule is CCC(C)(C)OC(=O)N(C)C1(C)CC1. The monoisotopic (exact) mass is 199 g/mol. The summed E-state index contributed by atoms with van der Waals surface area (Å²) in [7, 11) is 1.82. The van der Waals surface area contributed by atoms with Gasteiger partial charge < -0.3 is 9.64 Å². The molecule has 1 saturated carbocycles. The lowest BCUT2D eigenvalue weighted by molar-refractivity contribution is 0.00804. The molecule has 0 bridgehead atoms. The molecule has 1 aliphatic carbocycles. The number of hydrogen-bond acceptors (Lipinski definition) is 2. The zero-order valence-corrected chi connectivity index (χ0v) is 9.89. The van der Waals surface area contributed by atoms with Crippen molar-refractivity contribution >= 4 is 6.09 Å². The van der Waals surface area contributed by atoms with Gasteiger partial charge >= 0.3 is 6.09 Å². The highest BCUT2D eigenvalue weighted by Gasteiger charge is 2.45. The number of amides is 1. The minimum atomic E-state index is -0.351. The molecule has 82 valence electrons. The van der Waals surface area contributed by atoms with Crippen molar-refractivity contribution < 1.29 is 9.53 Å². The van der Waals surface area contributed by atoms with E-state index in [1.54, 1.807) is 4.90 Å². The van der Waals surface area contributed by atoms with E-state index in [-0.39, 0.29) is 17.2 Å². The molecule has 0 radical (unpaired) electrons. The molecule has 0 aliphatic heterocycles. The van der Waals surface area contributed by atoms with E-state index in [4.69, 9.17) is 4.74 Å². The maximum Gasteiger partial charge on any atom is 0.410 e. The summed E-state index contributed by atoms with van der Waals surface area (Å²) >= 11 is 0. The van der Waals surface area contributed by atoms with Gasteiger partial charge in [0.05, 0.1) is 0 Å². The Labute approximate surface area is 86.4 Å². The molecular formula is C11H21NO2. The van der Waals surface area contributed by atoms with E-state index in [0.29, 0.717) is 0 Å². The van der Waals surface area contributed by atoms with Gasteiger partial charge in [0.25, 0.3) is 0 Å². The lowest BCUT2D eigenvalue weighted by Gasteiger charge is -2.30. The molecule has 0 heterocycles. The van der Waals surface area contributed by atoms with E-state index in [9.17, 15) is 4.79 Å². The number of rotatable bonds is 3. The number of nitrogens with zero attached hydrogens (tertiary/aromatic N) is 1. The van der Waals surface area contributed by atoms with Gasteiger partial charge in [-0.15, -0.1) is 0 Å². The number of hydrogen-bond donors (Lipinski definition) is 0. The van der Waals surface area contributed by atoms with Crippen LogP contribution in [0.5, 0.6) is 0 Å². The zero-order chi connectivity index (χ0) is 11.0. The first-order valence-electron chi connectivity index (χ1n) is 5.27. The average Bonchev–Trinajstić information content (AvgIpc) is 2.83. The predicted octanol–water partition coefficient (Wildman–Crippen LogP) is 2.80. The van der Waals surface area contributed by atoms with E-state index >= 15 is 0 Å². The van der Waals surface area contributed by atoms with Crippen LogP contribution in [-0.2, 0) is 4.74 Å². The molecule has 0 aromatic carbocycles. The maximum absolute atomic E-state index is 11.7. The molecule has 0 atom stereocenters. The molecule has 14 heavy (non-hydrogen) atoms. The second-order valence-electron chi connectivity index (χ2n) is 5.04. The van der Waals surface area contributed by atoms with Gasteiger partial charge in [0.2, 0.25) is 0 Å². The molecule has 0 N–H and O–H groups in total. The Morgan fingerprint density at radius 1 is 1.50 bits per heavy atom. The summed E-state index contributed by atoms with van der Waals surface area (Å²) in [5.74, 6) is 0. The van der Waals surface area contributed by atoms with Gasteiger partial charge in [-0.05, 0) is 40.0 Å². The summed E-state index contributed by atoms with van der Waals surface area (Å²) in [5, 5.41) is 0. The fraction of sp³-hybridized carbons (Fsp3) is 0.909. The predicted molar refractivity (Wildman–Crippen MR) is 56.3 cm³/mol. The van der Waals surface area contributed by atoms with Gasteiger partial charge in [-0.25, -0.2) is 4.79 Å². The van der Waals surface area contributed by atoms with E-state index in [1.807, 2.05) is 27.8 Å². The van der Waals surface area contributed by atoms with Crippen LogP contribution < -0.4 is 0 Å². The smallest absolute Gasteiger partial charge is 0.410 e. The minimum Gasteiger partial charge on any atom is -0.443 e. The Balaban J connectivity index is 2.50. The minimum absolute atomic E-state index is 0.0565. The Kier molecular flexibility index (Phi) is 2.79. The second kappa shape index (κ2) is 3.44. The van der Waals surface area contributed by atoms with Crippen LogP contribution in [-0.4, -0.2) is 29.2 Å². The topological polar surface area (TPSA) is 29.5 Å². The first kappa shape index (κ1) is 11.3. The Morgan fingerprint density at radius 3 is 2.36 bits per heavy atom. The van der Waals surface area contributed by atoms with E-state index in [2.05, 4.69) is 6.92 Å². The fourth-order valence-electron chi connectivity index (χ4n) is 1.11. The third kappa shape index (κ3) is 2.40. The Morgan fingerprint density at radius 2 is 2.00 bits per heavy atom. The van der Waals surface area contributed by atoms with Crippen LogP contribution in [0.4, 0.5) is 4.79 Å². The first-order chi connectivity index (χ1) is 6.31. The number of ether oxygens (including phenoxy) is 1. The quantitative estimate of drug-likeness (QED) is 0.699. The van der Waals surface area contributed by atoms with Crippen LogP contribution >= 0.6 is 0 Å². The van der Waals surface area contributed by atoms with E-state index < -0.39 is 0 Å². The highest BCUT2D eigenvalue weighted by atomic mass is 16.6. The molecule has 1 rings (SSSR count). The third-order valence-electron chi connectivity index (χ3n) is 3.27. The first-order valence-corrected chi connectivity index (χ1v) is 5.27. The number of carbonyl (C=O) groups excluding carboxylic acids is 1. The van der Waals surface area contributed by atoms with Gasteiger partial charge in [0.1, 0.15) is 5.60 Å². The standard InChI is InChI=1S/C11H21NO2/c1-6-10(2,3)14-9(13)12(5)11(4)7-8-11/h6-8H2,1-5H3. The second-order valence-corrected chi connectivity index (χ2v) is 5.04. The lowest BCUT2D eigenvalue weighted by Crippen LogP contribution is -2.41. The van der Waals surface area contributed by atoms with Crippen molar-refractivity contribution in [2.75, 3.05) is 7.05 Å². The molecule has 0 unspecified atom stereocenters. The summed E-state index contributed by atoms with van der Waals surface area (Å²) in [5.41, 5.74) is -0.294. The van der Waals surface area contributed by atoms with Crippen LogP contribution in [0.1, 0.15) is 47.0 Å². The molecule has 3 nitrogen and oxygen atoms in total. The fourth-order valence-corrected chi connectivity index (χ4v) is 1.11. The van der Waals surface area contributed by atoms with Gasteiger partial charge in [-0.2, -0.15) is 0 Å². The van der Waals surface area contributed by atoms with Crippen molar-refractivity contribution in [2.45, 2.75) is 58.1 Å². The zero-order valence-electron chi connectivity index (χ0n) is 9.89. The maximum atomic E-state index is 11.7. The van der Waals surface area contributed by atoms with Crippen molar-refractivity contribution in [3.63, 3.8) is 0 Å². The molecule has 1 fully saturated rings. The molecule has 0 aromatic rings. The molecule has 1 amide bonds. The van der Waals surface area contributed by atoms with Crippen molar-refractivity contribution in [3.8, 4) is 0 Å². The van der Waals surface area contributed by atoms with Gasteiger partial charge in [-0.3, -0.25) is 0 Å². The molecule has 1 aliphatic rings. The van der Waals surface area contributed by atoms with Gasteiger partial charge in [-0.1, -0.05) is 6.92 Å². The largest absolute Gasteiger partial charge is 0.443 e. The average molecular weight is 199 g/mol. The Hall–Kier alpha value is -0.730. The van der Waals surface area contributed by atoms with Crippen LogP contribution in [0.2, 0.25) is 0 Å². The third-order valence-corrected chi connectivity index (χ3v) is 3.27. The van der Waals surface area contributed by atoms with Crippen LogP contribution in [0, 0.1) is 0 Å². The highest BCUT2D eigenvalue weighted by Crippen LogP contribution is 2.40. The highest BCUT2D eigenvalue weighted by molar-refractivity contribution is 5.69. The summed E-state index contributed by atoms with van der Waals surface area (Å²) < 4.78 is 5.40. The molecular weight excluding hydrogens is 178 g/mol. The summed E-state index contributed by atoms with van der Waals surface area (Å²) in [6.45, 7) is 7.99.